The lowest BCUT2D eigenvalue weighted by atomic mass is 10.2. The van der Waals surface area contributed by atoms with Crippen LogP contribution in [0.4, 0.5) is 5.69 Å². The van der Waals surface area contributed by atoms with Crippen LogP contribution in [-0.4, -0.2) is 12.2 Å². The minimum atomic E-state index is -0.562. The van der Waals surface area contributed by atoms with Crippen LogP contribution in [0.3, 0.4) is 0 Å². The molecule has 1 heterocycles. The van der Waals surface area contributed by atoms with Crippen molar-refractivity contribution in [1.29, 1.82) is 0 Å². The van der Waals surface area contributed by atoms with Crippen molar-refractivity contribution in [3.8, 4) is 5.75 Å². The second-order valence-corrected chi connectivity index (χ2v) is 5.75. The lowest BCUT2D eigenvalue weighted by Crippen LogP contribution is -2.07. The molecular weight excluding hydrogens is 363 g/mol. The summed E-state index contributed by atoms with van der Waals surface area (Å²) >= 11 is 11.8. The number of carbonyl (C=O) groups excluding carboxylic acids is 1. The van der Waals surface area contributed by atoms with Crippen LogP contribution in [0.2, 0.25) is 10.0 Å². The van der Waals surface area contributed by atoms with Gasteiger partial charge in [-0.2, -0.15) is 5.10 Å². The van der Waals surface area contributed by atoms with Crippen LogP contribution in [-0.2, 0) is 0 Å². The molecule has 5 nitrogen and oxygen atoms in total. The van der Waals surface area contributed by atoms with E-state index in [-0.39, 0.29) is 5.76 Å². The van der Waals surface area contributed by atoms with Crippen LogP contribution in [0.15, 0.2) is 70.4 Å². The Hall–Kier alpha value is -2.76. The predicted molar refractivity (Wildman–Crippen MR) is 97.8 cm³/mol. The molecule has 1 N–H and O–H groups in total. The minimum absolute atomic E-state index is 0.139. The van der Waals surface area contributed by atoms with Gasteiger partial charge in [0.2, 0.25) is 5.76 Å². The van der Waals surface area contributed by atoms with E-state index >= 15 is 0 Å². The molecule has 0 radical (unpaired) electrons. The number of hydrazone groups is 1. The number of esters is 1. The number of furan rings is 1. The van der Waals surface area contributed by atoms with Crippen molar-refractivity contribution in [2.75, 3.05) is 5.43 Å². The Morgan fingerprint density at radius 1 is 1.08 bits per heavy atom. The smallest absolute Gasteiger partial charge is 0.379 e. The van der Waals surface area contributed by atoms with E-state index in [1.807, 2.05) is 6.07 Å². The Bertz CT molecular complexity index is 908. The average molecular weight is 375 g/mol. The molecule has 0 aliphatic carbocycles. The molecule has 0 unspecified atom stereocenters. The topological polar surface area (TPSA) is 63.8 Å². The number of anilines is 1. The standard InChI is InChI=1S/C18H12Cl2N2O3/c19-15-7-6-13(10-16(15)20)22-21-11-12-3-1-4-14(9-12)25-18(23)17-5-2-8-24-17/h1-11,22H. The summed E-state index contributed by atoms with van der Waals surface area (Å²) in [5, 5.41) is 5.03. The fourth-order valence-corrected chi connectivity index (χ4v) is 2.26. The van der Waals surface area contributed by atoms with Crippen LogP contribution in [0, 0.1) is 0 Å². The summed E-state index contributed by atoms with van der Waals surface area (Å²) in [5.41, 5.74) is 4.29. The van der Waals surface area contributed by atoms with Crippen LogP contribution in [0.25, 0.3) is 0 Å². The Morgan fingerprint density at radius 3 is 2.72 bits per heavy atom. The highest BCUT2D eigenvalue weighted by Crippen LogP contribution is 2.25. The van der Waals surface area contributed by atoms with Crippen molar-refractivity contribution < 1.29 is 13.9 Å². The lowest BCUT2D eigenvalue weighted by molar-refractivity contribution is 0.0701. The summed E-state index contributed by atoms with van der Waals surface area (Å²) in [5.74, 6) is -0.0340. The largest absolute Gasteiger partial charge is 0.457 e. The van der Waals surface area contributed by atoms with Gasteiger partial charge in [0.1, 0.15) is 5.75 Å². The number of carbonyl (C=O) groups is 1. The average Bonchev–Trinajstić information content (AvgIpc) is 3.13. The van der Waals surface area contributed by atoms with Gasteiger partial charge in [0.15, 0.2) is 0 Å². The number of benzene rings is 2. The van der Waals surface area contributed by atoms with Crippen LogP contribution in [0.1, 0.15) is 16.1 Å². The van der Waals surface area contributed by atoms with Crippen molar-refractivity contribution in [3.63, 3.8) is 0 Å². The molecule has 0 atom stereocenters. The second kappa shape index (κ2) is 7.88. The van der Waals surface area contributed by atoms with E-state index in [4.69, 9.17) is 32.4 Å². The summed E-state index contributed by atoms with van der Waals surface area (Å²) in [6.07, 6.45) is 3.00. The molecule has 0 aliphatic rings. The van der Waals surface area contributed by atoms with Gasteiger partial charge in [-0.05, 0) is 48.0 Å². The molecule has 0 bridgehead atoms. The van der Waals surface area contributed by atoms with Crippen LogP contribution >= 0.6 is 23.2 Å². The minimum Gasteiger partial charge on any atom is -0.457 e. The maximum Gasteiger partial charge on any atom is 0.379 e. The Morgan fingerprint density at radius 2 is 1.96 bits per heavy atom. The molecule has 0 saturated heterocycles. The maximum absolute atomic E-state index is 11.9. The normalized spacial score (nSPS) is 10.8. The molecule has 1 aromatic heterocycles. The molecule has 0 amide bonds. The van der Waals surface area contributed by atoms with Gasteiger partial charge in [-0.15, -0.1) is 0 Å². The Balaban J connectivity index is 1.64. The molecule has 25 heavy (non-hydrogen) atoms. The van der Waals surface area contributed by atoms with E-state index in [1.54, 1.807) is 48.7 Å². The first kappa shape index (κ1) is 17.1. The fourth-order valence-electron chi connectivity index (χ4n) is 1.96. The van der Waals surface area contributed by atoms with Crippen LogP contribution in [0.5, 0.6) is 5.75 Å². The number of ether oxygens (including phenoxy) is 1. The number of hydrogen-bond acceptors (Lipinski definition) is 5. The van der Waals surface area contributed by atoms with Crippen molar-refractivity contribution >= 4 is 41.1 Å². The third-order valence-electron chi connectivity index (χ3n) is 3.12. The number of nitrogens with zero attached hydrogens (tertiary/aromatic N) is 1. The van der Waals surface area contributed by atoms with Gasteiger partial charge in [0, 0.05) is 0 Å². The molecule has 3 rings (SSSR count). The molecule has 7 heteroatoms. The molecule has 0 saturated carbocycles. The molecule has 0 aliphatic heterocycles. The summed E-state index contributed by atoms with van der Waals surface area (Å²) in [6, 6.07) is 15.2. The third-order valence-corrected chi connectivity index (χ3v) is 3.86. The zero-order valence-corrected chi connectivity index (χ0v) is 14.3. The first-order valence-corrected chi connectivity index (χ1v) is 7.97. The summed E-state index contributed by atoms with van der Waals surface area (Å²) in [4.78, 5) is 11.9. The first-order valence-electron chi connectivity index (χ1n) is 7.22. The molecule has 126 valence electrons. The molecule has 3 aromatic rings. The van der Waals surface area contributed by atoms with Gasteiger partial charge in [-0.25, -0.2) is 4.79 Å². The quantitative estimate of drug-likeness (QED) is 0.286. The summed E-state index contributed by atoms with van der Waals surface area (Å²) in [6.45, 7) is 0. The number of rotatable bonds is 5. The van der Waals surface area contributed by atoms with Crippen molar-refractivity contribution in [1.82, 2.24) is 0 Å². The number of nitrogens with one attached hydrogen (secondary N) is 1. The molecular formula is C18H12Cl2N2O3. The lowest BCUT2D eigenvalue weighted by Gasteiger charge is -2.04. The van der Waals surface area contributed by atoms with E-state index < -0.39 is 5.97 Å². The highest BCUT2D eigenvalue weighted by atomic mass is 35.5. The van der Waals surface area contributed by atoms with E-state index in [0.717, 1.165) is 5.56 Å². The van der Waals surface area contributed by atoms with Gasteiger partial charge in [-0.1, -0.05) is 35.3 Å². The molecule has 2 aromatic carbocycles. The van der Waals surface area contributed by atoms with Crippen molar-refractivity contribution in [2.45, 2.75) is 0 Å². The first-order chi connectivity index (χ1) is 12.1. The van der Waals surface area contributed by atoms with Crippen LogP contribution < -0.4 is 10.2 Å². The van der Waals surface area contributed by atoms with Crippen molar-refractivity contribution in [3.05, 3.63) is 82.2 Å². The highest BCUT2D eigenvalue weighted by molar-refractivity contribution is 6.42. The Labute approximate surface area is 153 Å². The van der Waals surface area contributed by atoms with E-state index in [2.05, 4.69) is 10.5 Å². The molecule has 0 fully saturated rings. The third kappa shape index (κ3) is 4.62. The van der Waals surface area contributed by atoms with Gasteiger partial charge < -0.3 is 9.15 Å². The second-order valence-electron chi connectivity index (χ2n) is 4.94. The molecule has 0 spiro atoms. The monoisotopic (exact) mass is 374 g/mol. The predicted octanol–water partition coefficient (Wildman–Crippen LogP) is 5.25. The SMILES string of the molecule is O=C(Oc1cccc(C=NNc2ccc(Cl)c(Cl)c2)c1)c1ccco1. The van der Waals surface area contributed by atoms with E-state index in [0.29, 0.717) is 21.5 Å². The summed E-state index contributed by atoms with van der Waals surface area (Å²) in [7, 11) is 0. The zero-order valence-electron chi connectivity index (χ0n) is 12.8. The highest BCUT2D eigenvalue weighted by Gasteiger charge is 2.11. The maximum atomic E-state index is 11.9. The van der Waals surface area contributed by atoms with E-state index in [1.165, 1.54) is 12.3 Å². The van der Waals surface area contributed by atoms with Gasteiger partial charge in [0.25, 0.3) is 0 Å². The number of hydrogen-bond donors (Lipinski definition) is 1. The zero-order chi connectivity index (χ0) is 17.6. The van der Waals surface area contributed by atoms with Gasteiger partial charge in [0.05, 0.1) is 28.2 Å². The van der Waals surface area contributed by atoms with Gasteiger partial charge in [-0.3, -0.25) is 5.43 Å². The van der Waals surface area contributed by atoms with E-state index in [9.17, 15) is 4.79 Å². The number of halogens is 2. The van der Waals surface area contributed by atoms with Gasteiger partial charge >= 0.3 is 5.97 Å². The fraction of sp³-hybridized carbons (Fsp3) is 0. The van der Waals surface area contributed by atoms with Crippen molar-refractivity contribution in [2.24, 2.45) is 5.10 Å². The Kier molecular flexibility index (Phi) is 5.38. The summed E-state index contributed by atoms with van der Waals surface area (Å²) < 4.78 is 10.2.